The van der Waals surface area contributed by atoms with Gasteiger partial charge >= 0.3 is 0 Å². The van der Waals surface area contributed by atoms with Crippen molar-refractivity contribution in [2.75, 3.05) is 20.2 Å². The van der Waals surface area contributed by atoms with E-state index in [2.05, 4.69) is 5.32 Å². The second-order valence-electron chi connectivity index (χ2n) is 4.22. The lowest BCUT2D eigenvalue weighted by atomic mass is 9.94. The second-order valence-corrected chi connectivity index (χ2v) is 4.22. The van der Waals surface area contributed by atoms with E-state index >= 15 is 0 Å². The summed E-state index contributed by atoms with van der Waals surface area (Å²) < 4.78 is 5.47. The molecule has 0 aliphatic heterocycles. The van der Waals surface area contributed by atoms with Crippen molar-refractivity contribution < 1.29 is 9.84 Å². The number of aryl methyl sites for hydroxylation is 1. The van der Waals surface area contributed by atoms with Crippen molar-refractivity contribution in [3.63, 3.8) is 0 Å². The number of benzene rings is 1. The number of aliphatic hydroxyl groups is 1. The van der Waals surface area contributed by atoms with Gasteiger partial charge in [-0.25, -0.2) is 0 Å². The number of hydrogen-bond acceptors (Lipinski definition) is 3. The van der Waals surface area contributed by atoms with Gasteiger partial charge in [0.15, 0.2) is 0 Å². The van der Waals surface area contributed by atoms with Gasteiger partial charge < -0.3 is 15.2 Å². The molecule has 90 valence electrons. The molecule has 0 aromatic heterocycles. The number of rotatable bonds is 5. The molecule has 3 nitrogen and oxygen atoms in total. The molecule has 0 fully saturated rings. The molecule has 0 bridgehead atoms. The fraction of sp³-hybridized carbons (Fsp3) is 0.538. The van der Waals surface area contributed by atoms with Gasteiger partial charge in [0, 0.05) is 6.54 Å². The van der Waals surface area contributed by atoms with Crippen molar-refractivity contribution in [1.29, 1.82) is 0 Å². The lowest BCUT2D eigenvalue weighted by Crippen LogP contribution is -2.33. The molecule has 16 heavy (non-hydrogen) atoms. The molecule has 1 atom stereocenters. The third-order valence-electron chi connectivity index (χ3n) is 2.62. The monoisotopic (exact) mass is 223 g/mol. The minimum Gasteiger partial charge on any atom is -0.494 e. The van der Waals surface area contributed by atoms with Crippen molar-refractivity contribution in [3.8, 4) is 5.75 Å². The standard InChI is InChI=1S/C13H21NO2/c1-5-16-12-7-6-11(8-10(12)2)13(3,15)9-14-4/h6-8,14-15H,5,9H2,1-4H3. The fourth-order valence-electron chi connectivity index (χ4n) is 1.75. The van der Waals surface area contributed by atoms with Crippen LogP contribution in [0.3, 0.4) is 0 Å². The molecule has 1 rings (SSSR count). The highest BCUT2D eigenvalue weighted by Crippen LogP contribution is 2.26. The molecule has 0 amide bonds. The zero-order valence-corrected chi connectivity index (χ0v) is 10.5. The summed E-state index contributed by atoms with van der Waals surface area (Å²) in [7, 11) is 1.83. The summed E-state index contributed by atoms with van der Waals surface area (Å²) in [5.41, 5.74) is 1.11. The maximum absolute atomic E-state index is 10.2. The smallest absolute Gasteiger partial charge is 0.122 e. The number of nitrogens with one attached hydrogen (secondary N) is 1. The first-order valence-corrected chi connectivity index (χ1v) is 5.62. The van der Waals surface area contributed by atoms with Crippen LogP contribution >= 0.6 is 0 Å². The molecule has 0 aliphatic carbocycles. The van der Waals surface area contributed by atoms with Crippen LogP contribution in [0.4, 0.5) is 0 Å². The Bertz CT molecular complexity index is 348. The topological polar surface area (TPSA) is 41.5 Å². The predicted octanol–water partition coefficient (Wildman–Crippen LogP) is 1.82. The summed E-state index contributed by atoms with van der Waals surface area (Å²) in [6.07, 6.45) is 0. The predicted molar refractivity (Wildman–Crippen MR) is 65.8 cm³/mol. The fourth-order valence-corrected chi connectivity index (χ4v) is 1.75. The number of ether oxygens (including phenoxy) is 1. The Hall–Kier alpha value is -1.06. The van der Waals surface area contributed by atoms with Crippen molar-refractivity contribution in [2.24, 2.45) is 0 Å². The normalized spacial score (nSPS) is 14.6. The molecular weight excluding hydrogens is 202 g/mol. The van der Waals surface area contributed by atoms with Crippen LogP contribution in [0.15, 0.2) is 18.2 Å². The summed E-state index contributed by atoms with van der Waals surface area (Å²) in [5, 5.41) is 13.2. The number of hydrogen-bond donors (Lipinski definition) is 2. The van der Waals surface area contributed by atoms with Crippen LogP contribution in [-0.4, -0.2) is 25.3 Å². The SMILES string of the molecule is CCOc1ccc(C(C)(O)CNC)cc1C. The van der Waals surface area contributed by atoms with Gasteiger partial charge in [-0.15, -0.1) is 0 Å². The first kappa shape index (κ1) is 13.0. The van der Waals surface area contributed by atoms with E-state index in [1.165, 1.54) is 0 Å². The highest BCUT2D eigenvalue weighted by atomic mass is 16.5. The van der Waals surface area contributed by atoms with E-state index < -0.39 is 5.60 Å². The Morgan fingerprint density at radius 2 is 2.12 bits per heavy atom. The van der Waals surface area contributed by atoms with Crippen molar-refractivity contribution >= 4 is 0 Å². The van der Waals surface area contributed by atoms with Crippen LogP contribution in [0, 0.1) is 6.92 Å². The third kappa shape index (κ3) is 2.97. The summed E-state index contributed by atoms with van der Waals surface area (Å²) in [6.45, 7) is 6.95. The van der Waals surface area contributed by atoms with Crippen molar-refractivity contribution in [2.45, 2.75) is 26.4 Å². The third-order valence-corrected chi connectivity index (χ3v) is 2.62. The molecule has 0 radical (unpaired) electrons. The summed E-state index contributed by atoms with van der Waals surface area (Å²) >= 11 is 0. The van der Waals surface area contributed by atoms with Crippen LogP contribution in [0.2, 0.25) is 0 Å². The van der Waals surface area contributed by atoms with E-state index in [9.17, 15) is 5.11 Å². The molecule has 1 unspecified atom stereocenters. The van der Waals surface area contributed by atoms with Gasteiger partial charge in [-0.2, -0.15) is 0 Å². The van der Waals surface area contributed by atoms with Gasteiger partial charge in [0.05, 0.1) is 12.2 Å². The Balaban J connectivity index is 2.96. The quantitative estimate of drug-likeness (QED) is 0.800. The maximum Gasteiger partial charge on any atom is 0.122 e. The van der Waals surface area contributed by atoms with Crippen LogP contribution in [0.25, 0.3) is 0 Å². The second kappa shape index (κ2) is 5.32. The highest BCUT2D eigenvalue weighted by Gasteiger charge is 2.22. The van der Waals surface area contributed by atoms with E-state index in [0.717, 1.165) is 16.9 Å². The van der Waals surface area contributed by atoms with Crippen LogP contribution in [0.5, 0.6) is 5.75 Å². The Kier molecular flexibility index (Phi) is 4.33. The average molecular weight is 223 g/mol. The van der Waals surface area contributed by atoms with Gasteiger partial charge in [0.25, 0.3) is 0 Å². The van der Waals surface area contributed by atoms with E-state index in [-0.39, 0.29) is 0 Å². The van der Waals surface area contributed by atoms with Crippen LogP contribution in [0.1, 0.15) is 25.0 Å². The molecule has 3 heteroatoms. The average Bonchev–Trinajstić information content (AvgIpc) is 2.21. The Labute approximate surface area is 97.4 Å². The highest BCUT2D eigenvalue weighted by molar-refractivity contribution is 5.38. The molecular formula is C13H21NO2. The van der Waals surface area contributed by atoms with Gasteiger partial charge in [0.1, 0.15) is 5.75 Å². The maximum atomic E-state index is 10.2. The zero-order chi connectivity index (χ0) is 12.2. The molecule has 0 spiro atoms. The first-order chi connectivity index (χ1) is 7.51. The summed E-state index contributed by atoms with van der Waals surface area (Å²) in [5.74, 6) is 0.881. The molecule has 2 N–H and O–H groups in total. The Morgan fingerprint density at radius 1 is 1.44 bits per heavy atom. The zero-order valence-electron chi connectivity index (χ0n) is 10.5. The summed E-state index contributed by atoms with van der Waals surface area (Å²) in [6, 6.07) is 5.80. The molecule has 1 aromatic carbocycles. The van der Waals surface area contributed by atoms with Crippen molar-refractivity contribution in [3.05, 3.63) is 29.3 Å². The largest absolute Gasteiger partial charge is 0.494 e. The lowest BCUT2D eigenvalue weighted by molar-refractivity contribution is 0.0590. The minimum atomic E-state index is -0.843. The van der Waals surface area contributed by atoms with Crippen LogP contribution in [-0.2, 0) is 5.60 Å². The van der Waals surface area contributed by atoms with Gasteiger partial charge in [-0.1, -0.05) is 6.07 Å². The summed E-state index contributed by atoms with van der Waals surface area (Å²) in [4.78, 5) is 0. The number of likely N-dealkylation sites (N-methyl/N-ethyl adjacent to an activating group) is 1. The van der Waals surface area contributed by atoms with Crippen LogP contribution < -0.4 is 10.1 Å². The Morgan fingerprint density at radius 3 is 2.62 bits per heavy atom. The molecule has 0 saturated carbocycles. The molecule has 0 aliphatic rings. The lowest BCUT2D eigenvalue weighted by Gasteiger charge is -2.24. The first-order valence-electron chi connectivity index (χ1n) is 5.62. The van der Waals surface area contributed by atoms with Gasteiger partial charge in [-0.3, -0.25) is 0 Å². The van der Waals surface area contributed by atoms with E-state index in [1.807, 2.05) is 39.1 Å². The van der Waals surface area contributed by atoms with E-state index in [1.54, 1.807) is 6.92 Å². The molecule has 1 aromatic rings. The molecule has 0 saturated heterocycles. The van der Waals surface area contributed by atoms with Crippen molar-refractivity contribution in [1.82, 2.24) is 5.32 Å². The minimum absolute atomic E-state index is 0.528. The van der Waals surface area contributed by atoms with Gasteiger partial charge in [-0.05, 0) is 51.1 Å². The van der Waals surface area contributed by atoms with E-state index in [0.29, 0.717) is 13.2 Å². The van der Waals surface area contributed by atoms with Gasteiger partial charge in [0.2, 0.25) is 0 Å². The molecule has 0 heterocycles. The van der Waals surface area contributed by atoms with E-state index in [4.69, 9.17) is 4.74 Å².